The fourth-order valence-corrected chi connectivity index (χ4v) is 2.00. The van der Waals surface area contributed by atoms with E-state index in [0.717, 1.165) is 25.3 Å². The molecule has 108 valence electrons. The van der Waals surface area contributed by atoms with Crippen LogP contribution in [0.2, 0.25) is 0 Å². The molecule has 0 amide bonds. The summed E-state index contributed by atoms with van der Waals surface area (Å²) in [6.07, 6.45) is 3.93. The van der Waals surface area contributed by atoms with Crippen molar-refractivity contribution in [3.05, 3.63) is 59.5 Å². The van der Waals surface area contributed by atoms with Crippen molar-refractivity contribution in [2.24, 2.45) is 0 Å². The fourth-order valence-electron chi connectivity index (χ4n) is 2.00. The van der Waals surface area contributed by atoms with Gasteiger partial charge in [0.15, 0.2) is 0 Å². The van der Waals surface area contributed by atoms with E-state index in [1.165, 1.54) is 17.5 Å². The molecule has 3 heteroatoms. The van der Waals surface area contributed by atoms with Crippen LogP contribution in [0.25, 0.3) is 0 Å². The Bertz CT molecular complexity index is 462. The normalized spacial score (nSPS) is 10.8. The van der Waals surface area contributed by atoms with E-state index in [4.69, 9.17) is 9.15 Å². The van der Waals surface area contributed by atoms with Gasteiger partial charge in [0.25, 0.3) is 0 Å². The van der Waals surface area contributed by atoms with E-state index >= 15 is 0 Å². The lowest BCUT2D eigenvalue weighted by atomic mass is 10.1. The van der Waals surface area contributed by atoms with Crippen LogP contribution in [0, 0.1) is 0 Å². The Morgan fingerprint density at radius 2 is 1.80 bits per heavy atom. The van der Waals surface area contributed by atoms with Crippen molar-refractivity contribution in [3.63, 3.8) is 0 Å². The average Bonchev–Trinajstić information content (AvgIpc) is 2.98. The Hall–Kier alpha value is -1.58. The molecule has 1 aromatic heterocycles. The molecular formula is C17H23NO2. The molecule has 0 atom stereocenters. The molecule has 1 N–H and O–H groups in total. The van der Waals surface area contributed by atoms with E-state index in [-0.39, 0.29) is 0 Å². The second-order valence-corrected chi connectivity index (χ2v) is 4.89. The summed E-state index contributed by atoms with van der Waals surface area (Å²) in [5.74, 6) is 0.864. The maximum Gasteiger partial charge on any atom is 0.129 e. The van der Waals surface area contributed by atoms with Gasteiger partial charge in [-0.15, -0.1) is 0 Å². The van der Waals surface area contributed by atoms with Gasteiger partial charge >= 0.3 is 0 Å². The van der Waals surface area contributed by atoms with Gasteiger partial charge in [-0.3, -0.25) is 0 Å². The fraction of sp³-hybridized carbons (Fsp3) is 0.412. The lowest BCUT2D eigenvalue weighted by Crippen LogP contribution is -2.17. The van der Waals surface area contributed by atoms with Gasteiger partial charge < -0.3 is 14.5 Å². The minimum atomic E-state index is 0.524. The van der Waals surface area contributed by atoms with Crippen LogP contribution in [0.4, 0.5) is 0 Å². The number of hydrogen-bond donors (Lipinski definition) is 1. The third kappa shape index (κ3) is 5.19. The lowest BCUT2D eigenvalue weighted by Gasteiger charge is -2.06. The maximum absolute atomic E-state index is 5.61. The number of ether oxygens (including phenoxy) is 1. The summed E-state index contributed by atoms with van der Waals surface area (Å²) in [6.45, 7) is 5.47. The third-order valence-corrected chi connectivity index (χ3v) is 3.13. The smallest absolute Gasteiger partial charge is 0.129 e. The molecule has 2 aromatic rings. The van der Waals surface area contributed by atoms with Gasteiger partial charge in [-0.05, 0) is 49.2 Å². The molecule has 0 spiro atoms. The van der Waals surface area contributed by atoms with Crippen LogP contribution in [0.15, 0.2) is 47.1 Å². The molecule has 0 aliphatic carbocycles. The van der Waals surface area contributed by atoms with Crippen LogP contribution in [0.3, 0.4) is 0 Å². The van der Waals surface area contributed by atoms with Crippen molar-refractivity contribution in [3.8, 4) is 0 Å². The SMILES string of the molecule is CCCNCCc1ccc(COCc2ccco2)cc1. The zero-order chi connectivity index (χ0) is 14.0. The standard InChI is InChI=1S/C17H23NO2/c1-2-10-18-11-9-15-5-7-16(8-6-15)13-19-14-17-4-3-12-20-17/h3-8,12,18H,2,9-11,13-14H2,1H3. The van der Waals surface area contributed by atoms with Crippen molar-refractivity contribution in [1.29, 1.82) is 0 Å². The highest BCUT2D eigenvalue weighted by atomic mass is 16.5. The molecule has 0 aliphatic heterocycles. The van der Waals surface area contributed by atoms with Gasteiger partial charge in [0, 0.05) is 0 Å². The van der Waals surface area contributed by atoms with Crippen LogP contribution >= 0.6 is 0 Å². The summed E-state index contributed by atoms with van der Waals surface area (Å²) in [4.78, 5) is 0. The van der Waals surface area contributed by atoms with Gasteiger partial charge in [0.1, 0.15) is 12.4 Å². The molecule has 0 saturated heterocycles. The van der Waals surface area contributed by atoms with Crippen molar-refractivity contribution < 1.29 is 9.15 Å². The molecule has 3 nitrogen and oxygen atoms in total. The first-order valence-corrected chi connectivity index (χ1v) is 7.27. The van der Waals surface area contributed by atoms with Crippen molar-refractivity contribution in [2.45, 2.75) is 33.0 Å². The summed E-state index contributed by atoms with van der Waals surface area (Å²) in [6, 6.07) is 12.4. The Labute approximate surface area is 121 Å². The summed E-state index contributed by atoms with van der Waals surface area (Å²) in [5, 5.41) is 3.41. The van der Waals surface area contributed by atoms with Crippen molar-refractivity contribution in [2.75, 3.05) is 13.1 Å². The number of nitrogens with one attached hydrogen (secondary N) is 1. The van der Waals surface area contributed by atoms with Crippen LogP contribution in [0.5, 0.6) is 0 Å². The number of rotatable bonds is 9. The van der Waals surface area contributed by atoms with Gasteiger partial charge in [0.2, 0.25) is 0 Å². The zero-order valence-corrected chi connectivity index (χ0v) is 12.1. The number of hydrogen-bond acceptors (Lipinski definition) is 3. The first-order valence-electron chi connectivity index (χ1n) is 7.27. The molecule has 2 rings (SSSR count). The highest BCUT2D eigenvalue weighted by Crippen LogP contribution is 2.08. The van der Waals surface area contributed by atoms with E-state index in [1.807, 2.05) is 12.1 Å². The first-order chi connectivity index (χ1) is 9.88. The lowest BCUT2D eigenvalue weighted by molar-refractivity contribution is 0.0929. The second kappa shape index (κ2) is 8.56. The minimum Gasteiger partial charge on any atom is -0.467 e. The first kappa shape index (κ1) is 14.8. The molecule has 0 fully saturated rings. The van der Waals surface area contributed by atoms with Crippen molar-refractivity contribution in [1.82, 2.24) is 5.32 Å². The minimum absolute atomic E-state index is 0.524. The zero-order valence-electron chi connectivity index (χ0n) is 12.1. The quantitative estimate of drug-likeness (QED) is 0.710. The van der Waals surface area contributed by atoms with E-state index in [1.54, 1.807) is 6.26 Å². The number of furan rings is 1. The van der Waals surface area contributed by atoms with E-state index in [9.17, 15) is 0 Å². The van der Waals surface area contributed by atoms with Crippen LogP contribution in [-0.4, -0.2) is 13.1 Å². The highest BCUT2D eigenvalue weighted by molar-refractivity contribution is 5.22. The Balaban J connectivity index is 1.68. The molecular weight excluding hydrogens is 250 g/mol. The Kier molecular flexibility index (Phi) is 6.35. The van der Waals surface area contributed by atoms with Crippen LogP contribution < -0.4 is 5.32 Å². The van der Waals surface area contributed by atoms with E-state index in [0.29, 0.717) is 13.2 Å². The third-order valence-electron chi connectivity index (χ3n) is 3.13. The van der Waals surface area contributed by atoms with Crippen LogP contribution in [-0.2, 0) is 24.4 Å². The molecule has 0 bridgehead atoms. The van der Waals surface area contributed by atoms with E-state index < -0.39 is 0 Å². The molecule has 0 unspecified atom stereocenters. The molecule has 1 heterocycles. The monoisotopic (exact) mass is 273 g/mol. The largest absolute Gasteiger partial charge is 0.467 e. The van der Waals surface area contributed by atoms with Crippen molar-refractivity contribution >= 4 is 0 Å². The predicted octanol–water partition coefficient (Wildman–Crippen LogP) is 3.54. The van der Waals surface area contributed by atoms with Gasteiger partial charge in [-0.25, -0.2) is 0 Å². The summed E-state index contributed by atoms with van der Waals surface area (Å²) < 4.78 is 10.8. The van der Waals surface area contributed by atoms with Gasteiger partial charge in [-0.2, -0.15) is 0 Å². The number of benzene rings is 1. The highest BCUT2D eigenvalue weighted by Gasteiger charge is 1.98. The molecule has 0 radical (unpaired) electrons. The second-order valence-electron chi connectivity index (χ2n) is 4.89. The molecule has 0 saturated carbocycles. The predicted molar refractivity (Wildman–Crippen MR) is 80.5 cm³/mol. The summed E-state index contributed by atoms with van der Waals surface area (Å²) in [5.41, 5.74) is 2.56. The van der Waals surface area contributed by atoms with Crippen LogP contribution in [0.1, 0.15) is 30.2 Å². The maximum atomic E-state index is 5.61. The Morgan fingerprint density at radius 3 is 2.50 bits per heavy atom. The van der Waals surface area contributed by atoms with E-state index in [2.05, 4.69) is 36.5 Å². The van der Waals surface area contributed by atoms with Gasteiger partial charge in [-0.1, -0.05) is 31.2 Å². The summed E-state index contributed by atoms with van der Waals surface area (Å²) in [7, 11) is 0. The molecule has 0 aliphatic rings. The molecule has 1 aromatic carbocycles. The Morgan fingerprint density at radius 1 is 1.00 bits per heavy atom. The van der Waals surface area contributed by atoms with Gasteiger partial charge in [0.05, 0.1) is 12.9 Å². The molecule has 20 heavy (non-hydrogen) atoms. The summed E-state index contributed by atoms with van der Waals surface area (Å²) >= 11 is 0. The topological polar surface area (TPSA) is 34.4 Å². The average molecular weight is 273 g/mol.